The number of rotatable bonds is 10. The average molecular weight is 633 g/mol. The number of nitrogens with zero attached hydrogens (tertiary/aromatic N) is 5. The van der Waals surface area contributed by atoms with E-state index in [2.05, 4.69) is 30.3 Å². The first kappa shape index (κ1) is 30.2. The number of hydrogen-bond donors (Lipinski definition) is 3. The molecule has 5 aromatic rings. The Hall–Kier alpha value is -4.45. The van der Waals surface area contributed by atoms with Gasteiger partial charge in [0.1, 0.15) is 41.4 Å². The van der Waals surface area contributed by atoms with Crippen molar-refractivity contribution in [3.05, 3.63) is 65.6 Å². The van der Waals surface area contributed by atoms with Crippen molar-refractivity contribution in [2.45, 2.75) is 57.2 Å². The summed E-state index contributed by atoms with van der Waals surface area (Å²) in [6, 6.07) is 7.83. The average Bonchev–Trinajstić information content (AvgIpc) is 3.71. The summed E-state index contributed by atoms with van der Waals surface area (Å²) in [4.78, 5) is 15.8. The Balaban J connectivity index is 1.28. The number of phenolic OH excluding ortho intramolecular Hbond substituents is 1. The van der Waals surface area contributed by atoms with E-state index >= 15 is 4.39 Å². The highest BCUT2D eigenvalue weighted by Crippen LogP contribution is 2.41. The Morgan fingerprint density at radius 1 is 1.22 bits per heavy atom. The number of nitrogens with one attached hydrogen (secondary N) is 2. The fourth-order valence-corrected chi connectivity index (χ4v) is 7.27. The van der Waals surface area contributed by atoms with Crippen molar-refractivity contribution in [1.82, 2.24) is 25.0 Å². The standard InChI is InChI=1S/C34H36F3N7O2/c1-3-24-27(36)8-7-20-14-23(45)15-25(28(20)24)30-29(37)31-26(17-39-30)32(38-11-4-6-22-9-12-40-43(22)2)42-33(41-31)46-19-34-10-5-13-44(34)18-21(35)16-34/h7-9,12,14-15,17,21H,3-6,10-11,13,16,18-19H2,1-2H3,(H2,38,39,41,42,45)/p+1/t21-,34+/m1/s1. The third kappa shape index (κ3) is 5.38. The maximum Gasteiger partial charge on any atom is 0.319 e. The third-order valence-corrected chi connectivity index (χ3v) is 9.53. The van der Waals surface area contributed by atoms with Gasteiger partial charge < -0.3 is 15.2 Å². The number of phenols is 1. The number of aromatic hydroxyl groups is 1. The van der Waals surface area contributed by atoms with Gasteiger partial charge in [0.15, 0.2) is 12.9 Å². The molecule has 2 saturated heterocycles. The number of aryl methyl sites for hydroxylation is 3. The molecule has 0 saturated carbocycles. The van der Waals surface area contributed by atoms with Crippen LogP contribution in [0.25, 0.3) is 32.9 Å². The van der Waals surface area contributed by atoms with Crippen LogP contribution in [0.5, 0.6) is 11.8 Å². The summed E-state index contributed by atoms with van der Waals surface area (Å²) >= 11 is 0. The minimum Gasteiger partial charge on any atom is -0.508 e. The number of benzene rings is 2. The Labute approximate surface area is 264 Å². The third-order valence-electron chi connectivity index (χ3n) is 9.53. The van der Waals surface area contributed by atoms with E-state index in [1.807, 2.05) is 30.9 Å². The van der Waals surface area contributed by atoms with Gasteiger partial charge in [-0.3, -0.25) is 9.88 Å². The molecule has 2 aliphatic rings. The van der Waals surface area contributed by atoms with Gasteiger partial charge in [0.2, 0.25) is 5.69 Å². The molecular formula is C34H37F3N7O2+. The van der Waals surface area contributed by atoms with Gasteiger partial charge in [-0.15, -0.1) is 4.68 Å². The fraction of sp³-hybridized carbons (Fsp3) is 0.412. The molecule has 0 amide bonds. The second-order valence-corrected chi connectivity index (χ2v) is 12.4. The first-order valence-electron chi connectivity index (χ1n) is 15.8. The largest absolute Gasteiger partial charge is 0.508 e. The van der Waals surface area contributed by atoms with Crippen molar-refractivity contribution in [2.24, 2.45) is 7.05 Å². The van der Waals surface area contributed by atoms with E-state index < -0.39 is 23.3 Å². The lowest BCUT2D eigenvalue weighted by atomic mass is 9.94. The van der Waals surface area contributed by atoms with Crippen molar-refractivity contribution in [3.8, 4) is 23.0 Å². The smallest absolute Gasteiger partial charge is 0.319 e. The number of ether oxygens (including phenoxy) is 1. The molecule has 0 bridgehead atoms. The summed E-state index contributed by atoms with van der Waals surface area (Å²) in [5.41, 5.74) is 1.29. The molecule has 12 heteroatoms. The summed E-state index contributed by atoms with van der Waals surface area (Å²) in [5.74, 6) is -0.877. The zero-order chi connectivity index (χ0) is 32.0. The predicted octanol–water partition coefficient (Wildman–Crippen LogP) is 5.54. The van der Waals surface area contributed by atoms with Crippen LogP contribution in [0.4, 0.5) is 19.0 Å². The van der Waals surface area contributed by atoms with Crippen LogP contribution >= 0.6 is 0 Å². The molecule has 5 heterocycles. The Bertz CT molecular complexity index is 1930. The van der Waals surface area contributed by atoms with Crippen LogP contribution in [0.15, 0.2) is 42.7 Å². The Kier molecular flexibility index (Phi) is 7.92. The second kappa shape index (κ2) is 12.1. The van der Waals surface area contributed by atoms with Crippen molar-refractivity contribution in [3.63, 3.8) is 0 Å². The van der Waals surface area contributed by atoms with Crippen LogP contribution in [-0.4, -0.2) is 68.0 Å². The summed E-state index contributed by atoms with van der Waals surface area (Å²) < 4.78 is 54.1. The lowest BCUT2D eigenvalue weighted by molar-refractivity contribution is -0.733. The number of fused-ring (bicyclic) bond motifs is 3. The van der Waals surface area contributed by atoms with E-state index in [0.717, 1.165) is 37.9 Å². The van der Waals surface area contributed by atoms with Gasteiger partial charge in [0.05, 0.1) is 17.1 Å². The van der Waals surface area contributed by atoms with Crippen LogP contribution in [0.1, 0.15) is 43.9 Å². The highest BCUT2D eigenvalue weighted by molar-refractivity contribution is 6.01. The van der Waals surface area contributed by atoms with E-state index in [-0.39, 0.29) is 35.1 Å². The van der Waals surface area contributed by atoms with Gasteiger partial charge in [-0.25, -0.2) is 13.2 Å². The molecule has 46 heavy (non-hydrogen) atoms. The molecule has 7 rings (SSSR count). The molecule has 0 aliphatic carbocycles. The van der Waals surface area contributed by atoms with E-state index in [1.165, 1.54) is 24.4 Å². The zero-order valence-corrected chi connectivity index (χ0v) is 25.9. The molecule has 2 atom stereocenters. The topological polar surface area (TPSA) is 103 Å². The van der Waals surface area contributed by atoms with Crippen molar-refractivity contribution in [1.29, 1.82) is 0 Å². The van der Waals surface area contributed by atoms with E-state index in [1.54, 1.807) is 6.07 Å². The lowest BCUT2D eigenvalue weighted by Gasteiger charge is -2.30. The number of pyridine rings is 1. The number of alkyl halides is 1. The fourth-order valence-electron chi connectivity index (χ4n) is 7.27. The molecule has 3 N–H and O–H groups in total. The van der Waals surface area contributed by atoms with Crippen molar-refractivity contribution in [2.75, 3.05) is 31.6 Å². The van der Waals surface area contributed by atoms with Gasteiger partial charge in [-0.05, 0) is 66.8 Å². The van der Waals surface area contributed by atoms with E-state index in [4.69, 9.17) is 4.74 Å². The number of hydrogen-bond acceptors (Lipinski definition) is 7. The highest BCUT2D eigenvalue weighted by atomic mass is 19.1. The zero-order valence-electron chi connectivity index (χ0n) is 25.9. The maximum atomic E-state index is 16.7. The molecule has 0 unspecified atom stereocenters. The molecule has 9 nitrogen and oxygen atoms in total. The van der Waals surface area contributed by atoms with Gasteiger partial charge >= 0.3 is 6.01 Å². The van der Waals surface area contributed by atoms with Gasteiger partial charge in [-0.1, -0.05) is 13.0 Å². The Morgan fingerprint density at radius 3 is 2.89 bits per heavy atom. The highest BCUT2D eigenvalue weighted by Gasteiger charge is 2.49. The quantitative estimate of drug-likeness (QED) is 0.137. The minimum atomic E-state index is -0.915. The first-order valence-corrected chi connectivity index (χ1v) is 15.8. The second-order valence-electron chi connectivity index (χ2n) is 12.4. The molecule has 0 spiro atoms. The van der Waals surface area contributed by atoms with Crippen LogP contribution in [0, 0.1) is 11.6 Å². The van der Waals surface area contributed by atoms with E-state index in [9.17, 15) is 13.9 Å². The SMILES string of the molecule is CCc1c(F)ccc2cc(O)cc(-c3ncc4c(NCCCc5cc[nH][n+]5C)nc(OC[C@@]56CCCN5C[C@H](F)C6)nc4c3F)c12. The summed E-state index contributed by atoms with van der Waals surface area (Å²) in [6.45, 7) is 3.76. The van der Waals surface area contributed by atoms with Gasteiger partial charge in [-0.2, -0.15) is 15.1 Å². The van der Waals surface area contributed by atoms with E-state index in [0.29, 0.717) is 53.5 Å². The molecular weight excluding hydrogens is 595 g/mol. The first-order chi connectivity index (χ1) is 22.3. The van der Waals surface area contributed by atoms with Crippen molar-refractivity contribution >= 4 is 27.5 Å². The monoisotopic (exact) mass is 632 g/mol. The number of aromatic nitrogens is 5. The minimum absolute atomic E-state index is 0.0175. The van der Waals surface area contributed by atoms with Crippen LogP contribution in [0.3, 0.4) is 0 Å². The summed E-state index contributed by atoms with van der Waals surface area (Å²) in [5, 5.41) is 18.4. The number of anilines is 1. The molecule has 2 aliphatic heterocycles. The Morgan fingerprint density at radius 2 is 2.09 bits per heavy atom. The van der Waals surface area contributed by atoms with Crippen molar-refractivity contribution < 1.29 is 27.7 Å². The van der Waals surface area contributed by atoms with Crippen LogP contribution < -0.4 is 14.7 Å². The normalized spacial score (nSPS) is 19.7. The summed E-state index contributed by atoms with van der Waals surface area (Å²) in [7, 11) is 1.95. The van der Waals surface area contributed by atoms with Gasteiger partial charge in [0, 0.05) is 43.8 Å². The molecule has 240 valence electrons. The lowest BCUT2D eigenvalue weighted by Crippen LogP contribution is -2.43. The summed E-state index contributed by atoms with van der Waals surface area (Å²) in [6.07, 6.45) is 6.56. The predicted molar refractivity (Wildman–Crippen MR) is 169 cm³/mol. The number of H-pyrrole nitrogens is 1. The number of halogens is 3. The molecule has 2 aromatic carbocycles. The molecule has 0 radical (unpaired) electrons. The van der Waals surface area contributed by atoms with Crippen LogP contribution in [-0.2, 0) is 19.9 Å². The van der Waals surface area contributed by atoms with Gasteiger partial charge in [0.25, 0.3) is 0 Å². The maximum absolute atomic E-state index is 16.7. The number of aromatic amines is 1. The van der Waals surface area contributed by atoms with Crippen LogP contribution in [0.2, 0.25) is 0 Å². The molecule has 2 fully saturated rings. The molecule has 3 aromatic heterocycles.